The molecule has 0 saturated carbocycles. The van der Waals surface area contributed by atoms with Gasteiger partial charge in [0.2, 0.25) is 5.91 Å². The standard InChI is InChI=1S/C15H21N3O5/c1-10-4-5-11(14(20)21)9-18(10)13(19)8-17-15(22)16-7-12-3-2-6-23-12/h2-3,6,10-11H,4-5,7-9H2,1H3,(H,20,21)(H2,16,17,22). The molecule has 0 radical (unpaired) electrons. The minimum absolute atomic E-state index is 0.0221. The Bertz CT molecular complexity index is 557. The van der Waals surface area contributed by atoms with Gasteiger partial charge in [-0.3, -0.25) is 9.59 Å². The van der Waals surface area contributed by atoms with E-state index in [1.165, 1.54) is 11.2 Å². The van der Waals surface area contributed by atoms with Gasteiger partial charge in [-0.1, -0.05) is 0 Å². The largest absolute Gasteiger partial charge is 0.481 e. The van der Waals surface area contributed by atoms with Crippen LogP contribution >= 0.6 is 0 Å². The maximum atomic E-state index is 12.2. The Hall–Kier alpha value is -2.51. The van der Waals surface area contributed by atoms with Crippen molar-refractivity contribution in [3.8, 4) is 0 Å². The summed E-state index contributed by atoms with van der Waals surface area (Å²) in [7, 11) is 0. The first-order valence-electron chi connectivity index (χ1n) is 7.53. The van der Waals surface area contributed by atoms with Crippen molar-refractivity contribution in [1.82, 2.24) is 15.5 Å². The molecule has 3 amide bonds. The maximum absolute atomic E-state index is 12.2. The molecule has 0 aliphatic carbocycles. The number of likely N-dealkylation sites (tertiary alicyclic amines) is 1. The van der Waals surface area contributed by atoms with E-state index in [1.54, 1.807) is 12.1 Å². The van der Waals surface area contributed by atoms with E-state index < -0.39 is 17.9 Å². The number of nitrogens with zero attached hydrogens (tertiary/aromatic N) is 1. The third-order valence-electron chi connectivity index (χ3n) is 3.96. The average Bonchev–Trinajstić information content (AvgIpc) is 3.04. The first-order chi connectivity index (χ1) is 11.0. The molecule has 3 N–H and O–H groups in total. The fourth-order valence-electron chi connectivity index (χ4n) is 2.56. The summed E-state index contributed by atoms with van der Waals surface area (Å²) in [4.78, 5) is 36.4. The maximum Gasteiger partial charge on any atom is 0.315 e. The van der Waals surface area contributed by atoms with Crippen molar-refractivity contribution < 1.29 is 23.9 Å². The minimum atomic E-state index is -0.890. The number of carboxylic acids is 1. The number of hydrogen-bond donors (Lipinski definition) is 3. The molecular formula is C15H21N3O5. The van der Waals surface area contributed by atoms with Gasteiger partial charge in [-0.25, -0.2) is 4.79 Å². The molecule has 8 nitrogen and oxygen atoms in total. The smallest absolute Gasteiger partial charge is 0.315 e. The molecule has 1 saturated heterocycles. The van der Waals surface area contributed by atoms with E-state index >= 15 is 0 Å². The second-order valence-electron chi connectivity index (χ2n) is 5.62. The van der Waals surface area contributed by atoms with Crippen molar-refractivity contribution in [3.63, 3.8) is 0 Å². The van der Waals surface area contributed by atoms with Crippen LogP contribution in [0, 0.1) is 5.92 Å². The Morgan fingerprint density at radius 1 is 1.35 bits per heavy atom. The summed E-state index contributed by atoms with van der Waals surface area (Å²) in [5.74, 6) is -1.10. The topological polar surface area (TPSA) is 112 Å². The molecule has 2 atom stereocenters. The molecule has 2 rings (SSSR count). The van der Waals surface area contributed by atoms with Gasteiger partial charge < -0.3 is 25.1 Å². The van der Waals surface area contributed by atoms with Gasteiger partial charge in [-0.15, -0.1) is 0 Å². The number of furan rings is 1. The fourth-order valence-corrected chi connectivity index (χ4v) is 2.56. The van der Waals surface area contributed by atoms with Crippen LogP contribution in [0.5, 0.6) is 0 Å². The summed E-state index contributed by atoms with van der Waals surface area (Å²) in [6.07, 6.45) is 2.72. The zero-order chi connectivity index (χ0) is 16.8. The van der Waals surface area contributed by atoms with Crippen molar-refractivity contribution in [3.05, 3.63) is 24.2 Å². The van der Waals surface area contributed by atoms with Crippen molar-refractivity contribution in [2.45, 2.75) is 32.4 Å². The predicted molar refractivity (Wildman–Crippen MR) is 80.5 cm³/mol. The number of carbonyl (C=O) groups excluding carboxylic acids is 2. The van der Waals surface area contributed by atoms with Crippen LogP contribution in [0.15, 0.2) is 22.8 Å². The molecule has 0 bridgehead atoms. The number of carbonyl (C=O) groups is 3. The minimum Gasteiger partial charge on any atom is -0.481 e. The van der Waals surface area contributed by atoms with E-state index in [1.807, 2.05) is 6.92 Å². The molecular weight excluding hydrogens is 302 g/mol. The summed E-state index contributed by atoms with van der Waals surface area (Å²) in [6, 6.07) is 2.95. The van der Waals surface area contributed by atoms with Crippen LogP contribution in [0.25, 0.3) is 0 Å². The van der Waals surface area contributed by atoms with Gasteiger partial charge in [0.1, 0.15) is 5.76 Å². The van der Waals surface area contributed by atoms with Gasteiger partial charge in [0, 0.05) is 12.6 Å². The van der Waals surface area contributed by atoms with E-state index in [0.717, 1.165) is 0 Å². The zero-order valence-electron chi connectivity index (χ0n) is 12.9. The van der Waals surface area contributed by atoms with Crippen LogP contribution in [-0.2, 0) is 16.1 Å². The number of aliphatic carboxylic acids is 1. The quantitative estimate of drug-likeness (QED) is 0.742. The molecule has 2 heterocycles. The van der Waals surface area contributed by atoms with E-state index in [-0.39, 0.29) is 31.6 Å². The summed E-state index contributed by atoms with van der Waals surface area (Å²) < 4.78 is 5.08. The normalized spacial score (nSPS) is 20.8. The fraction of sp³-hybridized carbons (Fsp3) is 0.533. The summed E-state index contributed by atoms with van der Waals surface area (Å²) >= 11 is 0. The Morgan fingerprint density at radius 2 is 2.13 bits per heavy atom. The Labute approximate surface area is 133 Å². The van der Waals surface area contributed by atoms with Crippen molar-refractivity contribution in [2.24, 2.45) is 5.92 Å². The van der Waals surface area contributed by atoms with Crippen LogP contribution in [0.3, 0.4) is 0 Å². The summed E-state index contributed by atoms with van der Waals surface area (Å²) in [5.41, 5.74) is 0. The molecule has 1 fully saturated rings. The Kier molecular flexibility index (Phi) is 5.61. The van der Waals surface area contributed by atoms with E-state index in [2.05, 4.69) is 10.6 Å². The second-order valence-corrected chi connectivity index (χ2v) is 5.62. The highest BCUT2D eigenvalue weighted by Gasteiger charge is 2.32. The van der Waals surface area contributed by atoms with Crippen LogP contribution < -0.4 is 10.6 Å². The van der Waals surface area contributed by atoms with Crippen LogP contribution in [-0.4, -0.2) is 47.0 Å². The predicted octanol–water partition coefficient (Wildman–Crippen LogP) is 0.791. The highest BCUT2D eigenvalue weighted by atomic mass is 16.4. The highest BCUT2D eigenvalue weighted by Crippen LogP contribution is 2.21. The van der Waals surface area contributed by atoms with Crippen molar-refractivity contribution in [2.75, 3.05) is 13.1 Å². The summed E-state index contributed by atoms with van der Waals surface area (Å²) in [6.45, 7) is 2.13. The number of hydrogen-bond acceptors (Lipinski definition) is 4. The van der Waals surface area contributed by atoms with Crippen molar-refractivity contribution >= 4 is 17.9 Å². The van der Waals surface area contributed by atoms with Gasteiger partial charge in [0.25, 0.3) is 0 Å². The van der Waals surface area contributed by atoms with Crippen LogP contribution in [0.1, 0.15) is 25.5 Å². The number of carboxylic acid groups (broad SMARTS) is 1. The monoisotopic (exact) mass is 323 g/mol. The van der Waals surface area contributed by atoms with Crippen LogP contribution in [0.4, 0.5) is 4.79 Å². The first-order valence-corrected chi connectivity index (χ1v) is 7.53. The molecule has 8 heteroatoms. The molecule has 0 spiro atoms. The zero-order valence-corrected chi connectivity index (χ0v) is 12.9. The van der Waals surface area contributed by atoms with Crippen LogP contribution in [0.2, 0.25) is 0 Å². The average molecular weight is 323 g/mol. The van der Waals surface area contributed by atoms with Gasteiger partial charge in [0.15, 0.2) is 0 Å². The molecule has 126 valence electrons. The number of piperidine rings is 1. The molecule has 1 aromatic heterocycles. The molecule has 1 aromatic rings. The molecule has 23 heavy (non-hydrogen) atoms. The van der Waals surface area contributed by atoms with Gasteiger partial charge >= 0.3 is 12.0 Å². The molecule has 1 aliphatic rings. The summed E-state index contributed by atoms with van der Waals surface area (Å²) in [5, 5.41) is 14.1. The van der Waals surface area contributed by atoms with E-state index in [4.69, 9.17) is 9.52 Å². The highest BCUT2D eigenvalue weighted by molar-refractivity contribution is 5.84. The van der Waals surface area contributed by atoms with E-state index in [9.17, 15) is 14.4 Å². The molecule has 2 unspecified atom stereocenters. The van der Waals surface area contributed by atoms with E-state index in [0.29, 0.717) is 18.6 Å². The molecule has 1 aliphatic heterocycles. The first kappa shape index (κ1) is 16.9. The lowest BCUT2D eigenvalue weighted by Crippen LogP contribution is -2.51. The van der Waals surface area contributed by atoms with Gasteiger partial charge in [0.05, 0.1) is 25.3 Å². The number of urea groups is 1. The van der Waals surface area contributed by atoms with Gasteiger partial charge in [-0.2, -0.15) is 0 Å². The third-order valence-corrected chi connectivity index (χ3v) is 3.96. The number of nitrogens with one attached hydrogen (secondary N) is 2. The SMILES string of the molecule is CC1CCC(C(=O)O)CN1C(=O)CNC(=O)NCc1ccco1. The Balaban J connectivity index is 1.76. The lowest BCUT2D eigenvalue weighted by atomic mass is 9.93. The Morgan fingerprint density at radius 3 is 2.78 bits per heavy atom. The van der Waals surface area contributed by atoms with Crippen molar-refractivity contribution in [1.29, 1.82) is 0 Å². The number of amides is 3. The van der Waals surface area contributed by atoms with Gasteiger partial charge in [-0.05, 0) is 31.9 Å². The second kappa shape index (κ2) is 7.66. The third kappa shape index (κ3) is 4.73. The lowest BCUT2D eigenvalue weighted by molar-refractivity contribution is -0.146. The number of rotatable bonds is 5. The lowest BCUT2D eigenvalue weighted by Gasteiger charge is -2.36. The molecule has 0 aromatic carbocycles.